The molecule has 3 aromatic rings. The molecule has 0 bridgehead atoms. The number of hydrogen-bond donors (Lipinski definition) is 2. The number of nitrogen functional groups attached to an aromatic ring is 1. The number of thioether (sulfide) groups is 1. The van der Waals surface area contributed by atoms with Crippen LogP contribution in [0.2, 0.25) is 0 Å². The van der Waals surface area contributed by atoms with Gasteiger partial charge >= 0.3 is 0 Å². The van der Waals surface area contributed by atoms with Gasteiger partial charge in [0.15, 0.2) is 5.65 Å². The molecule has 158 valence electrons. The standard InChI is InChI=1S/C21H27N7OS/c1-10-8-24-15(11(2)17(10)29-4)9-28-19-16-13(27-28)7-14(23-3)18(12-5-6-12)30-20(16)26-21(22)25-19/h8,12,14,18,23H,5-7,9H2,1-4H3,(H2,22,25,26). The van der Waals surface area contributed by atoms with Crippen molar-refractivity contribution in [3.63, 3.8) is 0 Å². The molecule has 3 N–H and O–H groups in total. The van der Waals surface area contributed by atoms with E-state index in [1.807, 2.05) is 43.5 Å². The van der Waals surface area contributed by atoms with Crippen molar-refractivity contribution in [1.82, 2.24) is 30.0 Å². The second-order valence-corrected chi connectivity index (χ2v) is 9.42. The zero-order chi connectivity index (χ0) is 21.0. The Labute approximate surface area is 180 Å². The fraction of sp³-hybridized carbons (Fsp3) is 0.524. The van der Waals surface area contributed by atoms with Crippen molar-refractivity contribution in [2.24, 2.45) is 5.92 Å². The maximum atomic E-state index is 6.12. The van der Waals surface area contributed by atoms with Gasteiger partial charge < -0.3 is 15.8 Å². The van der Waals surface area contributed by atoms with Crippen molar-refractivity contribution in [2.75, 3.05) is 19.9 Å². The third-order valence-corrected chi connectivity index (χ3v) is 7.72. The molecule has 1 fully saturated rings. The average Bonchev–Trinajstić information content (AvgIpc) is 3.51. The van der Waals surface area contributed by atoms with Crippen LogP contribution >= 0.6 is 11.8 Å². The lowest BCUT2D eigenvalue weighted by Gasteiger charge is -2.24. The predicted octanol–water partition coefficient (Wildman–Crippen LogP) is 2.49. The average molecular weight is 426 g/mol. The predicted molar refractivity (Wildman–Crippen MR) is 118 cm³/mol. The molecule has 2 atom stereocenters. The molecule has 1 aliphatic carbocycles. The Morgan fingerprint density at radius 2 is 2.10 bits per heavy atom. The van der Waals surface area contributed by atoms with Crippen LogP contribution in [-0.2, 0) is 13.0 Å². The van der Waals surface area contributed by atoms with Crippen molar-refractivity contribution in [1.29, 1.82) is 0 Å². The van der Waals surface area contributed by atoms with E-state index in [-0.39, 0.29) is 0 Å². The third kappa shape index (κ3) is 3.20. The van der Waals surface area contributed by atoms with Gasteiger partial charge in [0.25, 0.3) is 0 Å². The second kappa shape index (κ2) is 7.39. The van der Waals surface area contributed by atoms with Crippen LogP contribution in [0.25, 0.3) is 11.0 Å². The zero-order valence-electron chi connectivity index (χ0n) is 17.8. The Morgan fingerprint density at radius 3 is 2.80 bits per heavy atom. The first-order chi connectivity index (χ1) is 14.5. The van der Waals surface area contributed by atoms with Gasteiger partial charge in [0, 0.05) is 35.0 Å². The Morgan fingerprint density at radius 1 is 1.30 bits per heavy atom. The van der Waals surface area contributed by atoms with E-state index in [2.05, 4.69) is 20.3 Å². The van der Waals surface area contributed by atoms with E-state index in [9.17, 15) is 0 Å². The molecular weight excluding hydrogens is 398 g/mol. The lowest BCUT2D eigenvalue weighted by atomic mass is 10.0. The molecule has 4 heterocycles. The van der Waals surface area contributed by atoms with Crippen molar-refractivity contribution >= 4 is 28.7 Å². The molecular formula is C21H27N7OS. The summed E-state index contributed by atoms with van der Waals surface area (Å²) in [5.74, 6) is 1.90. The number of aryl methyl sites for hydroxylation is 1. The molecule has 5 rings (SSSR count). The monoisotopic (exact) mass is 425 g/mol. The molecule has 1 saturated carbocycles. The highest BCUT2D eigenvalue weighted by Crippen LogP contribution is 2.47. The van der Waals surface area contributed by atoms with E-state index in [1.165, 1.54) is 12.8 Å². The zero-order valence-corrected chi connectivity index (χ0v) is 18.6. The first kappa shape index (κ1) is 19.6. The van der Waals surface area contributed by atoms with Crippen LogP contribution in [-0.4, -0.2) is 50.2 Å². The van der Waals surface area contributed by atoms with Crippen molar-refractivity contribution in [3.8, 4) is 5.75 Å². The van der Waals surface area contributed by atoms with Crippen molar-refractivity contribution in [2.45, 2.75) is 56.0 Å². The molecule has 0 aromatic carbocycles. The minimum absolute atomic E-state index is 0.293. The van der Waals surface area contributed by atoms with E-state index >= 15 is 0 Å². The molecule has 0 amide bonds. The van der Waals surface area contributed by atoms with Crippen molar-refractivity contribution in [3.05, 3.63) is 28.7 Å². The van der Waals surface area contributed by atoms with E-state index in [0.29, 0.717) is 23.8 Å². The second-order valence-electron chi connectivity index (χ2n) is 8.26. The highest BCUT2D eigenvalue weighted by atomic mass is 32.2. The molecule has 0 radical (unpaired) electrons. The van der Waals surface area contributed by atoms with Gasteiger partial charge in [-0.05, 0) is 39.7 Å². The Hall–Kier alpha value is -2.39. The van der Waals surface area contributed by atoms with Gasteiger partial charge in [0.2, 0.25) is 5.95 Å². The summed E-state index contributed by atoms with van der Waals surface area (Å²) in [7, 11) is 3.73. The Kier molecular flexibility index (Phi) is 4.82. The normalized spacial score (nSPS) is 21.1. The van der Waals surface area contributed by atoms with Crippen LogP contribution < -0.4 is 15.8 Å². The topological polar surface area (TPSA) is 104 Å². The van der Waals surface area contributed by atoms with E-state index in [0.717, 1.165) is 56.7 Å². The summed E-state index contributed by atoms with van der Waals surface area (Å²) in [6.45, 7) is 4.54. The Bertz CT molecular complexity index is 1120. The van der Waals surface area contributed by atoms with Gasteiger partial charge in [-0.2, -0.15) is 10.1 Å². The third-order valence-electron chi connectivity index (χ3n) is 6.21. The number of anilines is 1. The largest absolute Gasteiger partial charge is 0.496 e. The summed E-state index contributed by atoms with van der Waals surface area (Å²) >= 11 is 1.84. The lowest BCUT2D eigenvalue weighted by Crippen LogP contribution is -2.38. The minimum Gasteiger partial charge on any atom is -0.496 e. The summed E-state index contributed by atoms with van der Waals surface area (Å²) in [6.07, 6.45) is 5.28. The highest BCUT2D eigenvalue weighted by Gasteiger charge is 2.40. The van der Waals surface area contributed by atoms with Crippen LogP contribution in [0.15, 0.2) is 11.2 Å². The van der Waals surface area contributed by atoms with Gasteiger partial charge in [-0.25, -0.2) is 9.67 Å². The number of nitrogens with one attached hydrogen (secondary N) is 1. The molecule has 0 spiro atoms. The molecule has 8 nitrogen and oxygen atoms in total. The quantitative estimate of drug-likeness (QED) is 0.601. The van der Waals surface area contributed by atoms with Crippen LogP contribution in [0.3, 0.4) is 0 Å². The van der Waals surface area contributed by atoms with Gasteiger partial charge in [-0.1, -0.05) is 0 Å². The van der Waals surface area contributed by atoms with E-state index in [1.54, 1.807) is 7.11 Å². The number of hydrogen-bond acceptors (Lipinski definition) is 8. The number of likely N-dealkylation sites (N-methyl/N-ethyl adjacent to an activating group) is 1. The van der Waals surface area contributed by atoms with Crippen LogP contribution in [0.5, 0.6) is 5.75 Å². The number of nitrogens with two attached hydrogens (primary N) is 1. The first-order valence-corrected chi connectivity index (χ1v) is 11.2. The van der Waals surface area contributed by atoms with E-state index in [4.69, 9.17) is 15.6 Å². The number of rotatable bonds is 5. The summed E-state index contributed by atoms with van der Waals surface area (Å²) < 4.78 is 7.49. The number of methoxy groups -OCH3 is 1. The smallest absolute Gasteiger partial charge is 0.223 e. The molecule has 2 unspecified atom stereocenters. The summed E-state index contributed by atoms with van der Waals surface area (Å²) in [4.78, 5) is 13.8. The maximum Gasteiger partial charge on any atom is 0.223 e. The van der Waals surface area contributed by atoms with Crippen LogP contribution in [0.4, 0.5) is 5.95 Å². The molecule has 3 aromatic heterocycles. The van der Waals surface area contributed by atoms with Crippen molar-refractivity contribution < 1.29 is 4.74 Å². The fourth-order valence-corrected chi connectivity index (χ4v) is 6.08. The number of ether oxygens (including phenoxy) is 1. The number of aromatic nitrogens is 5. The number of nitrogens with zero attached hydrogens (tertiary/aromatic N) is 5. The lowest BCUT2D eigenvalue weighted by molar-refractivity contribution is 0.406. The van der Waals surface area contributed by atoms with Gasteiger partial charge in [0.1, 0.15) is 10.8 Å². The minimum atomic E-state index is 0.293. The molecule has 30 heavy (non-hydrogen) atoms. The molecule has 0 saturated heterocycles. The van der Waals surface area contributed by atoms with E-state index < -0.39 is 0 Å². The maximum absolute atomic E-state index is 6.12. The fourth-order valence-electron chi connectivity index (χ4n) is 4.49. The summed E-state index contributed by atoms with van der Waals surface area (Å²) in [5.41, 5.74) is 10.9. The molecule has 2 aliphatic rings. The van der Waals surface area contributed by atoms with Crippen LogP contribution in [0.1, 0.15) is 35.4 Å². The molecule has 1 aliphatic heterocycles. The molecule has 9 heteroatoms. The van der Waals surface area contributed by atoms with Gasteiger partial charge in [-0.3, -0.25) is 4.98 Å². The van der Waals surface area contributed by atoms with Gasteiger partial charge in [-0.15, -0.1) is 11.8 Å². The first-order valence-electron chi connectivity index (χ1n) is 10.4. The van der Waals surface area contributed by atoms with Crippen LogP contribution in [0, 0.1) is 19.8 Å². The number of pyridine rings is 1. The SMILES string of the molecule is CNC1Cc2nn(Cc3ncc(C)c(OC)c3C)c3nc(N)nc(c23)SC1C1CC1. The van der Waals surface area contributed by atoms with Gasteiger partial charge in [0.05, 0.1) is 30.4 Å². The summed E-state index contributed by atoms with van der Waals surface area (Å²) in [6, 6.07) is 0.351. The summed E-state index contributed by atoms with van der Waals surface area (Å²) in [5, 5.41) is 11.0. The Balaban J connectivity index is 1.61. The highest BCUT2D eigenvalue weighted by molar-refractivity contribution is 8.00.